The molecule has 1 unspecified atom stereocenters. The van der Waals surface area contributed by atoms with E-state index in [1.807, 2.05) is 18.0 Å². The summed E-state index contributed by atoms with van der Waals surface area (Å²) in [5, 5.41) is 0. The zero-order valence-electron chi connectivity index (χ0n) is 10.7. The number of benzene rings is 1. The van der Waals surface area contributed by atoms with Gasteiger partial charge in [-0.15, -0.1) is 0 Å². The molecule has 0 amide bonds. The summed E-state index contributed by atoms with van der Waals surface area (Å²) in [5.41, 5.74) is 6.39. The molecule has 17 heavy (non-hydrogen) atoms. The molecule has 0 aliphatic carbocycles. The minimum atomic E-state index is -0.289. The Morgan fingerprint density at radius 3 is 2.65 bits per heavy atom. The van der Waals surface area contributed by atoms with Gasteiger partial charge in [-0.25, -0.2) is 4.39 Å². The predicted octanol–water partition coefficient (Wildman–Crippen LogP) is 2.02. The molecule has 1 aromatic carbocycles. The molecule has 0 radical (unpaired) electrons. The summed E-state index contributed by atoms with van der Waals surface area (Å²) in [4.78, 5) is 2.00. The van der Waals surface area contributed by atoms with Gasteiger partial charge in [-0.2, -0.15) is 0 Å². The molecule has 0 aliphatic heterocycles. The zero-order valence-corrected chi connectivity index (χ0v) is 10.7. The number of rotatable bonds is 6. The lowest BCUT2D eigenvalue weighted by atomic mass is 9.94. The molecule has 0 spiro atoms. The number of halogens is 1. The first-order valence-corrected chi connectivity index (χ1v) is 5.78. The van der Waals surface area contributed by atoms with Crippen molar-refractivity contribution in [2.24, 2.45) is 5.73 Å². The average Bonchev–Trinajstić information content (AvgIpc) is 2.35. The average molecular weight is 240 g/mol. The Balaban J connectivity index is 3.02. The highest BCUT2D eigenvalue weighted by molar-refractivity contribution is 5.48. The first-order chi connectivity index (χ1) is 8.09. The second-order valence-corrected chi connectivity index (χ2v) is 4.25. The fourth-order valence-electron chi connectivity index (χ4n) is 2.00. The van der Waals surface area contributed by atoms with Crippen molar-refractivity contribution in [1.29, 1.82) is 0 Å². The van der Waals surface area contributed by atoms with Crippen LogP contribution in [0.15, 0.2) is 24.3 Å². The molecular weight excluding hydrogens is 219 g/mol. The van der Waals surface area contributed by atoms with Gasteiger partial charge in [-0.1, -0.05) is 13.0 Å². The summed E-state index contributed by atoms with van der Waals surface area (Å²) in [5.74, 6) is -0.242. The first-order valence-electron chi connectivity index (χ1n) is 5.78. The minimum Gasteiger partial charge on any atom is -0.382 e. The van der Waals surface area contributed by atoms with Gasteiger partial charge in [0.1, 0.15) is 5.82 Å². The van der Waals surface area contributed by atoms with Crippen molar-refractivity contribution >= 4 is 5.69 Å². The van der Waals surface area contributed by atoms with Crippen LogP contribution in [-0.4, -0.2) is 32.8 Å². The first kappa shape index (κ1) is 13.9. The molecule has 0 saturated carbocycles. The molecule has 0 fully saturated rings. The van der Waals surface area contributed by atoms with Gasteiger partial charge in [-0.3, -0.25) is 0 Å². The summed E-state index contributed by atoms with van der Waals surface area (Å²) < 4.78 is 18.5. The van der Waals surface area contributed by atoms with Crippen LogP contribution < -0.4 is 10.6 Å². The van der Waals surface area contributed by atoms with E-state index in [1.165, 1.54) is 12.1 Å². The van der Waals surface area contributed by atoms with Crippen molar-refractivity contribution in [3.05, 3.63) is 30.1 Å². The van der Waals surface area contributed by atoms with Gasteiger partial charge < -0.3 is 15.4 Å². The third-order valence-electron chi connectivity index (χ3n) is 3.36. The standard InChI is InChI=1S/C13H21FN2O/c1-4-13(9-15,10-17-3)16(2)12-7-5-6-11(14)8-12/h5-8H,4,9-10,15H2,1-3H3. The van der Waals surface area contributed by atoms with E-state index in [4.69, 9.17) is 10.5 Å². The van der Waals surface area contributed by atoms with Crippen LogP contribution in [0.25, 0.3) is 0 Å². The van der Waals surface area contributed by atoms with Gasteiger partial charge in [0.25, 0.3) is 0 Å². The van der Waals surface area contributed by atoms with Crippen LogP contribution in [-0.2, 0) is 4.74 Å². The summed E-state index contributed by atoms with van der Waals surface area (Å²) in [6.07, 6.45) is 0.838. The van der Waals surface area contributed by atoms with Crippen molar-refractivity contribution in [2.75, 3.05) is 32.2 Å². The van der Waals surface area contributed by atoms with Crippen molar-refractivity contribution in [3.8, 4) is 0 Å². The van der Waals surface area contributed by atoms with Gasteiger partial charge in [0.15, 0.2) is 0 Å². The Morgan fingerprint density at radius 2 is 2.18 bits per heavy atom. The number of likely N-dealkylation sites (N-methyl/N-ethyl adjacent to an activating group) is 1. The summed E-state index contributed by atoms with van der Waals surface area (Å²) in [6.45, 7) is 3.04. The van der Waals surface area contributed by atoms with Crippen LogP contribution in [0.5, 0.6) is 0 Å². The van der Waals surface area contributed by atoms with Crippen molar-refractivity contribution in [2.45, 2.75) is 18.9 Å². The Kier molecular flexibility index (Phi) is 4.90. The molecule has 1 rings (SSSR count). The Labute approximate surface area is 102 Å². The van der Waals surface area contributed by atoms with E-state index in [0.29, 0.717) is 13.2 Å². The van der Waals surface area contributed by atoms with E-state index in [-0.39, 0.29) is 11.4 Å². The maximum atomic E-state index is 13.2. The molecule has 0 aromatic heterocycles. The van der Waals surface area contributed by atoms with E-state index < -0.39 is 0 Å². The fraction of sp³-hybridized carbons (Fsp3) is 0.538. The number of anilines is 1. The summed E-state index contributed by atoms with van der Waals surface area (Å²) in [7, 11) is 3.57. The normalized spacial score (nSPS) is 14.4. The van der Waals surface area contributed by atoms with Gasteiger partial charge in [0.2, 0.25) is 0 Å². The van der Waals surface area contributed by atoms with Crippen molar-refractivity contribution in [1.82, 2.24) is 0 Å². The Morgan fingerprint density at radius 1 is 1.47 bits per heavy atom. The molecule has 1 aromatic rings. The lowest BCUT2D eigenvalue weighted by molar-refractivity contribution is 0.130. The molecule has 0 saturated heterocycles. The van der Waals surface area contributed by atoms with Gasteiger partial charge in [0.05, 0.1) is 12.1 Å². The maximum Gasteiger partial charge on any atom is 0.125 e. The molecule has 96 valence electrons. The molecule has 0 aliphatic rings. The quantitative estimate of drug-likeness (QED) is 0.826. The van der Waals surface area contributed by atoms with Crippen LogP contribution in [0.4, 0.5) is 10.1 Å². The van der Waals surface area contributed by atoms with Crippen LogP contribution >= 0.6 is 0 Å². The van der Waals surface area contributed by atoms with E-state index in [9.17, 15) is 4.39 Å². The third-order valence-corrected chi connectivity index (χ3v) is 3.36. The van der Waals surface area contributed by atoms with Crippen LogP contribution in [0.2, 0.25) is 0 Å². The number of ether oxygens (including phenoxy) is 1. The van der Waals surface area contributed by atoms with E-state index in [2.05, 4.69) is 6.92 Å². The fourth-order valence-corrected chi connectivity index (χ4v) is 2.00. The summed E-state index contributed by atoms with van der Waals surface area (Å²) >= 11 is 0. The number of hydrogen-bond donors (Lipinski definition) is 1. The van der Waals surface area contributed by atoms with E-state index in [1.54, 1.807) is 13.2 Å². The number of hydrogen-bond acceptors (Lipinski definition) is 3. The van der Waals surface area contributed by atoms with Crippen LogP contribution in [0.1, 0.15) is 13.3 Å². The minimum absolute atomic E-state index is 0.242. The molecule has 4 heteroatoms. The van der Waals surface area contributed by atoms with Gasteiger partial charge in [0, 0.05) is 26.4 Å². The van der Waals surface area contributed by atoms with E-state index in [0.717, 1.165) is 12.1 Å². The molecule has 1 atom stereocenters. The van der Waals surface area contributed by atoms with Gasteiger partial charge >= 0.3 is 0 Å². The summed E-state index contributed by atoms with van der Waals surface area (Å²) in [6, 6.07) is 6.52. The maximum absolute atomic E-state index is 13.2. The second-order valence-electron chi connectivity index (χ2n) is 4.25. The molecule has 3 nitrogen and oxygen atoms in total. The highest BCUT2D eigenvalue weighted by atomic mass is 19.1. The third kappa shape index (κ3) is 2.96. The van der Waals surface area contributed by atoms with Crippen molar-refractivity contribution in [3.63, 3.8) is 0 Å². The second kappa shape index (κ2) is 5.98. The predicted molar refractivity (Wildman–Crippen MR) is 68.8 cm³/mol. The molecule has 0 bridgehead atoms. The number of methoxy groups -OCH3 is 1. The Hall–Kier alpha value is -1.13. The molecule has 0 heterocycles. The number of nitrogens with two attached hydrogens (primary N) is 1. The van der Waals surface area contributed by atoms with Crippen LogP contribution in [0.3, 0.4) is 0 Å². The topological polar surface area (TPSA) is 38.5 Å². The van der Waals surface area contributed by atoms with E-state index >= 15 is 0 Å². The largest absolute Gasteiger partial charge is 0.382 e. The lowest BCUT2D eigenvalue weighted by Gasteiger charge is -2.41. The van der Waals surface area contributed by atoms with Crippen molar-refractivity contribution < 1.29 is 9.13 Å². The Bertz CT molecular complexity index is 353. The smallest absolute Gasteiger partial charge is 0.125 e. The highest BCUT2D eigenvalue weighted by Crippen LogP contribution is 2.25. The van der Waals surface area contributed by atoms with Gasteiger partial charge in [-0.05, 0) is 24.6 Å². The van der Waals surface area contributed by atoms with Crippen LogP contribution in [0, 0.1) is 5.82 Å². The lowest BCUT2D eigenvalue weighted by Crippen LogP contribution is -2.55. The molecular formula is C13H21FN2O. The number of nitrogens with zero attached hydrogens (tertiary/aromatic N) is 1. The SMILES string of the molecule is CCC(CN)(COC)N(C)c1cccc(F)c1. The monoisotopic (exact) mass is 240 g/mol. The highest BCUT2D eigenvalue weighted by Gasteiger charge is 2.31. The molecule has 2 N–H and O–H groups in total. The zero-order chi connectivity index (χ0) is 12.9.